The van der Waals surface area contributed by atoms with Gasteiger partial charge < -0.3 is 4.74 Å². The zero-order valence-electron chi connectivity index (χ0n) is 15.3. The Morgan fingerprint density at radius 3 is 1.96 bits per heavy atom. The quantitative estimate of drug-likeness (QED) is 0.273. The van der Waals surface area contributed by atoms with Crippen LogP contribution in [0.4, 0.5) is 0 Å². The zero-order valence-corrected chi connectivity index (χ0v) is 17.6. The largest absolute Gasteiger partial charge is 0.493 e. The normalized spacial score (nSPS) is 11.8. The van der Waals surface area contributed by atoms with E-state index in [1.807, 2.05) is 24.3 Å². The van der Waals surface area contributed by atoms with Gasteiger partial charge in [-0.15, -0.1) is 0 Å². The second kappa shape index (κ2) is 9.77. The summed E-state index contributed by atoms with van der Waals surface area (Å²) in [6, 6.07) is 27.0. The molecule has 0 fully saturated rings. The van der Waals surface area contributed by atoms with E-state index in [1.54, 1.807) is 0 Å². The molecule has 0 amide bonds. The fourth-order valence-electron chi connectivity index (χ4n) is 3.17. The highest BCUT2D eigenvalue weighted by Gasteiger charge is 2.13. The average Bonchev–Trinajstić information content (AvgIpc) is 2.72. The van der Waals surface area contributed by atoms with Crippen LogP contribution in [0.25, 0.3) is 11.1 Å². The first kappa shape index (κ1) is 19.7. The van der Waals surface area contributed by atoms with Gasteiger partial charge in [0.2, 0.25) is 0 Å². The Kier molecular flexibility index (Phi) is 7.14. The van der Waals surface area contributed by atoms with E-state index in [0.29, 0.717) is 6.61 Å². The van der Waals surface area contributed by atoms with Gasteiger partial charge in [0.05, 0.1) is 6.61 Å². The van der Waals surface area contributed by atoms with Crippen LogP contribution in [0.1, 0.15) is 30.0 Å². The Morgan fingerprint density at radius 1 is 0.815 bits per heavy atom. The lowest BCUT2D eigenvalue weighted by Gasteiger charge is -2.17. The number of alkyl halides is 1. The van der Waals surface area contributed by atoms with E-state index >= 15 is 0 Å². The van der Waals surface area contributed by atoms with Crippen LogP contribution in [0, 0.1) is 0 Å². The summed E-state index contributed by atoms with van der Waals surface area (Å²) in [5, 5.41) is 1.56. The van der Waals surface area contributed by atoms with Crippen molar-refractivity contribution in [2.24, 2.45) is 0 Å². The van der Waals surface area contributed by atoms with Crippen molar-refractivity contribution in [3.05, 3.63) is 101 Å². The summed E-state index contributed by atoms with van der Waals surface area (Å²) < 4.78 is 5.70. The Bertz CT molecular complexity index is 884. The summed E-state index contributed by atoms with van der Waals surface area (Å²) in [7, 11) is 0. The molecule has 1 nitrogen and oxygen atoms in total. The topological polar surface area (TPSA) is 9.23 Å². The summed E-state index contributed by atoms with van der Waals surface area (Å²) in [5.41, 5.74) is 6.11. The third-order valence-corrected chi connectivity index (χ3v) is 4.98. The van der Waals surface area contributed by atoms with Crippen LogP contribution in [-0.2, 0) is 0 Å². The summed E-state index contributed by atoms with van der Waals surface area (Å²) in [4.78, 5) is 0. The van der Waals surface area contributed by atoms with E-state index in [2.05, 4.69) is 77.5 Å². The number of benzene rings is 3. The maximum atomic E-state index is 6.13. The molecule has 3 aromatic carbocycles. The van der Waals surface area contributed by atoms with Crippen LogP contribution in [0.2, 0.25) is 5.02 Å². The molecular formula is C24H22BrClO. The fraction of sp³-hybridized carbons (Fsp3) is 0.167. The highest BCUT2D eigenvalue weighted by atomic mass is 79.9. The first-order valence-corrected chi connectivity index (χ1v) is 10.6. The highest BCUT2D eigenvalue weighted by molar-refractivity contribution is 9.09. The molecule has 0 aliphatic rings. The van der Waals surface area contributed by atoms with Gasteiger partial charge in [0.25, 0.3) is 0 Å². The van der Waals surface area contributed by atoms with Crippen LogP contribution in [-0.4, -0.2) is 11.9 Å². The molecule has 0 saturated heterocycles. The Balaban J connectivity index is 2.13. The predicted octanol–water partition coefficient (Wildman–Crippen LogP) is 7.48. The van der Waals surface area contributed by atoms with Gasteiger partial charge in [-0.25, -0.2) is 0 Å². The van der Waals surface area contributed by atoms with Crippen LogP contribution in [0.3, 0.4) is 0 Å². The standard InChI is InChI=1S/C24H22BrClO/c1-2-23(18-6-4-3-5-7-18)24(19-8-12-21(26)13-9-19)20-10-14-22(15-11-20)27-17-16-25/h3-15H,2,16-17H2,1H3/b24-23+. The summed E-state index contributed by atoms with van der Waals surface area (Å²) in [6.07, 6.45) is 0.934. The molecule has 0 heterocycles. The van der Waals surface area contributed by atoms with Crippen molar-refractivity contribution in [1.29, 1.82) is 0 Å². The molecule has 0 radical (unpaired) electrons. The van der Waals surface area contributed by atoms with Crippen molar-refractivity contribution in [2.75, 3.05) is 11.9 Å². The molecule has 27 heavy (non-hydrogen) atoms. The minimum Gasteiger partial charge on any atom is -0.493 e. The van der Waals surface area contributed by atoms with Gasteiger partial charge in [0, 0.05) is 10.4 Å². The van der Waals surface area contributed by atoms with Crippen molar-refractivity contribution < 1.29 is 4.74 Å². The van der Waals surface area contributed by atoms with Gasteiger partial charge >= 0.3 is 0 Å². The summed E-state index contributed by atoms with van der Waals surface area (Å²) in [6.45, 7) is 2.86. The number of ether oxygens (including phenoxy) is 1. The van der Waals surface area contributed by atoms with Crippen molar-refractivity contribution >= 4 is 38.7 Å². The molecule has 0 saturated carbocycles. The van der Waals surface area contributed by atoms with Gasteiger partial charge in [0.15, 0.2) is 0 Å². The Labute approximate surface area is 174 Å². The minimum absolute atomic E-state index is 0.656. The van der Waals surface area contributed by atoms with Crippen molar-refractivity contribution in [2.45, 2.75) is 13.3 Å². The van der Waals surface area contributed by atoms with E-state index in [9.17, 15) is 0 Å². The van der Waals surface area contributed by atoms with Gasteiger partial charge in [-0.2, -0.15) is 0 Å². The molecule has 0 spiro atoms. The molecule has 0 atom stereocenters. The van der Waals surface area contributed by atoms with Gasteiger partial charge in [-0.3, -0.25) is 0 Å². The number of hydrogen-bond acceptors (Lipinski definition) is 1. The lowest BCUT2D eigenvalue weighted by atomic mass is 9.88. The SMILES string of the molecule is CC/C(=C(/c1ccc(Cl)cc1)c1ccc(OCCBr)cc1)c1ccccc1. The molecule has 0 bridgehead atoms. The van der Waals surface area contributed by atoms with E-state index in [1.165, 1.54) is 22.3 Å². The fourth-order valence-corrected chi connectivity index (χ4v) is 3.46. The first-order chi connectivity index (χ1) is 13.2. The third-order valence-electron chi connectivity index (χ3n) is 4.40. The van der Waals surface area contributed by atoms with Crippen molar-refractivity contribution in [1.82, 2.24) is 0 Å². The summed E-state index contributed by atoms with van der Waals surface area (Å²) in [5.74, 6) is 0.881. The maximum absolute atomic E-state index is 6.13. The van der Waals surface area contributed by atoms with E-state index in [-0.39, 0.29) is 0 Å². The van der Waals surface area contributed by atoms with Gasteiger partial charge in [-0.1, -0.05) is 89.1 Å². The van der Waals surface area contributed by atoms with Crippen LogP contribution >= 0.6 is 27.5 Å². The molecule has 138 valence electrons. The lowest BCUT2D eigenvalue weighted by Crippen LogP contribution is -1.98. The van der Waals surface area contributed by atoms with E-state index in [4.69, 9.17) is 16.3 Å². The molecule has 0 unspecified atom stereocenters. The lowest BCUT2D eigenvalue weighted by molar-refractivity contribution is 0.345. The van der Waals surface area contributed by atoms with Crippen LogP contribution in [0.15, 0.2) is 78.9 Å². The van der Waals surface area contributed by atoms with Gasteiger partial charge in [0.1, 0.15) is 5.75 Å². The van der Waals surface area contributed by atoms with Crippen LogP contribution < -0.4 is 4.74 Å². The molecule has 0 aromatic heterocycles. The molecular weight excluding hydrogens is 420 g/mol. The molecule has 0 aliphatic carbocycles. The second-order valence-electron chi connectivity index (χ2n) is 6.14. The predicted molar refractivity (Wildman–Crippen MR) is 120 cm³/mol. The maximum Gasteiger partial charge on any atom is 0.119 e. The minimum atomic E-state index is 0.656. The third kappa shape index (κ3) is 5.03. The number of halogens is 2. The average molecular weight is 442 g/mol. The first-order valence-electron chi connectivity index (χ1n) is 9.06. The Morgan fingerprint density at radius 2 is 1.41 bits per heavy atom. The Hall–Kier alpha value is -2.03. The van der Waals surface area contributed by atoms with Crippen molar-refractivity contribution in [3.63, 3.8) is 0 Å². The van der Waals surface area contributed by atoms with E-state index < -0.39 is 0 Å². The molecule has 3 aromatic rings. The van der Waals surface area contributed by atoms with Gasteiger partial charge in [-0.05, 0) is 58.5 Å². The number of allylic oxidation sites excluding steroid dienone is 1. The number of rotatable bonds is 7. The summed E-state index contributed by atoms with van der Waals surface area (Å²) >= 11 is 9.52. The zero-order chi connectivity index (χ0) is 19.1. The second-order valence-corrected chi connectivity index (χ2v) is 7.37. The molecule has 0 N–H and O–H groups in total. The molecule has 3 rings (SSSR count). The molecule has 0 aliphatic heterocycles. The molecule has 3 heteroatoms. The van der Waals surface area contributed by atoms with Crippen LogP contribution in [0.5, 0.6) is 5.75 Å². The highest BCUT2D eigenvalue weighted by Crippen LogP contribution is 2.35. The van der Waals surface area contributed by atoms with E-state index in [0.717, 1.165) is 28.1 Å². The smallest absolute Gasteiger partial charge is 0.119 e. The monoisotopic (exact) mass is 440 g/mol. The number of hydrogen-bond donors (Lipinski definition) is 0. The van der Waals surface area contributed by atoms with Crippen molar-refractivity contribution in [3.8, 4) is 5.75 Å².